The Kier molecular flexibility index (Phi) is 2.94. The minimum atomic E-state index is 0.686. The van der Waals surface area contributed by atoms with E-state index in [-0.39, 0.29) is 0 Å². The van der Waals surface area contributed by atoms with Gasteiger partial charge in [-0.1, -0.05) is 6.92 Å². The highest BCUT2D eigenvalue weighted by Gasteiger charge is 2.36. The summed E-state index contributed by atoms with van der Waals surface area (Å²) >= 11 is 1.65. The maximum atomic E-state index is 4.72. The minimum Gasteiger partial charge on any atom is -0.303 e. The summed E-state index contributed by atoms with van der Waals surface area (Å²) < 4.78 is 4.48. The molecule has 0 amide bonds. The van der Waals surface area contributed by atoms with Crippen molar-refractivity contribution in [2.24, 2.45) is 5.92 Å². The molecule has 88 valence electrons. The summed E-state index contributed by atoms with van der Waals surface area (Å²) in [5, 5.41) is 1.30. The number of hydrogen-bond donors (Lipinski definition) is 0. The van der Waals surface area contributed by atoms with Gasteiger partial charge in [0.25, 0.3) is 0 Å². The Bertz CT molecular complexity index is 355. The third-order valence-electron chi connectivity index (χ3n) is 3.93. The maximum absolute atomic E-state index is 4.72. The van der Waals surface area contributed by atoms with Crippen molar-refractivity contribution in [2.45, 2.75) is 38.5 Å². The van der Waals surface area contributed by atoms with Crippen LogP contribution in [0, 0.1) is 5.92 Å². The zero-order valence-electron chi connectivity index (χ0n) is 9.85. The predicted octanol–water partition coefficient (Wildman–Crippen LogP) is 2.30. The summed E-state index contributed by atoms with van der Waals surface area (Å²) in [4.78, 5) is 7.31. The predicted molar refractivity (Wildman–Crippen MR) is 65.8 cm³/mol. The summed E-state index contributed by atoms with van der Waals surface area (Å²) in [6.45, 7) is 6.03. The second-order valence-corrected chi connectivity index (χ2v) is 5.83. The standard InChI is InChI=1S/C12H19N3S/c1-2-3-11-13-12(16-14-11)10-8-15-6-4-9(10)5-7-15/h9-10H,2-8H2,1H3. The Morgan fingerprint density at radius 2 is 2.19 bits per heavy atom. The molecule has 3 aliphatic heterocycles. The Hall–Kier alpha value is -0.480. The van der Waals surface area contributed by atoms with Crippen molar-refractivity contribution in [3.05, 3.63) is 10.8 Å². The molecule has 0 saturated carbocycles. The van der Waals surface area contributed by atoms with Crippen LogP contribution in [0.5, 0.6) is 0 Å². The lowest BCUT2D eigenvalue weighted by atomic mass is 9.79. The number of fused-ring (bicyclic) bond motifs is 3. The maximum Gasteiger partial charge on any atom is 0.142 e. The first-order valence-corrected chi connectivity index (χ1v) is 7.19. The van der Waals surface area contributed by atoms with Crippen LogP contribution in [0.15, 0.2) is 0 Å². The van der Waals surface area contributed by atoms with Crippen LogP contribution in [0.4, 0.5) is 0 Å². The highest BCUT2D eigenvalue weighted by atomic mass is 32.1. The van der Waals surface area contributed by atoms with E-state index in [1.165, 1.54) is 37.5 Å². The molecule has 1 aromatic rings. The number of piperidine rings is 3. The number of aryl methyl sites for hydroxylation is 1. The van der Waals surface area contributed by atoms with Crippen LogP contribution in [0.3, 0.4) is 0 Å². The van der Waals surface area contributed by atoms with Gasteiger partial charge in [-0.15, -0.1) is 0 Å². The van der Waals surface area contributed by atoms with E-state index in [1.807, 2.05) is 0 Å². The summed E-state index contributed by atoms with van der Waals surface area (Å²) in [5.41, 5.74) is 0. The molecule has 0 aromatic carbocycles. The molecule has 3 fully saturated rings. The fourth-order valence-corrected chi connectivity index (χ4v) is 3.87. The second kappa shape index (κ2) is 4.41. The molecule has 0 radical (unpaired) electrons. The zero-order chi connectivity index (χ0) is 11.0. The SMILES string of the molecule is CCCc1nsc(C2CN3CCC2CC3)n1. The zero-order valence-corrected chi connectivity index (χ0v) is 10.7. The molecule has 4 heteroatoms. The van der Waals surface area contributed by atoms with Gasteiger partial charge in [0, 0.05) is 18.9 Å². The highest BCUT2D eigenvalue weighted by molar-refractivity contribution is 7.05. The summed E-state index contributed by atoms with van der Waals surface area (Å²) in [7, 11) is 0. The summed E-state index contributed by atoms with van der Waals surface area (Å²) in [6, 6.07) is 0. The van der Waals surface area contributed by atoms with Crippen molar-refractivity contribution >= 4 is 11.5 Å². The Morgan fingerprint density at radius 1 is 1.38 bits per heavy atom. The van der Waals surface area contributed by atoms with E-state index < -0.39 is 0 Å². The molecule has 16 heavy (non-hydrogen) atoms. The van der Waals surface area contributed by atoms with Gasteiger partial charge in [-0.25, -0.2) is 4.98 Å². The molecule has 0 spiro atoms. The normalized spacial score (nSPS) is 33.2. The Balaban J connectivity index is 1.76. The second-order valence-electron chi connectivity index (χ2n) is 5.04. The average molecular weight is 237 g/mol. The number of hydrogen-bond acceptors (Lipinski definition) is 4. The number of rotatable bonds is 3. The van der Waals surface area contributed by atoms with Gasteiger partial charge in [0.1, 0.15) is 10.8 Å². The lowest BCUT2D eigenvalue weighted by Crippen LogP contribution is -2.46. The van der Waals surface area contributed by atoms with Crippen molar-refractivity contribution in [3.8, 4) is 0 Å². The molecular formula is C12H19N3S. The molecule has 1 atom stereocenters. The number of aromatic nitrogens is 2. The molecule has 3 nitrogen and oxygen atoms in total. The average Bonchev–Trinajstić information content (AvgIpc) is 2.80. The van der Waals surface area contributed by atoms with Gasteiger partial charge in [0.05, 0.1) is 0 Å². The molecule has 0 N–H and O–H groups in total. The van der Waals surface area contributed by atoms with E-state index in [0.717, 1.165) is 24.6 Å². The van der Waals surface area contributed by atoms with E-state index in [4.69, 9.17) is 4.98 Å². The van der Waals surface area contributed by atoms with Gasteiger partial charge in [-0.05, 0) is 49.8 Å². The lowest BCUT2D eigenvalue weighted by molar-refractivity contribution is 0.0869. The first kappa shape index (κ1) is 10.7. The number of nitrogens with zero attached hydrogens (tertiary/aromatic N) is 3. The van der Waals surface area contributed by atoms with Crippen LogP contribution >= 0.6 is 11.5 Å². The van der Waals surface area contributed by atoms with Gasteiger partial charge in [-0.2, -0.15) is 4.37 Å². The van der Waals surface area contributed by atoms with E-state index in [0.29, 0.717) is 5.92 Å². The topological polar surface area (TPSA) is 29.0 Å². The van der Waals surface area contributed by atoms with Crippen LogP contribution in [0.1, 0.15) is 42.9 Å². The molecule has 0 aliphatic carbocycles. The van der Waals surface area contributed by atoms with Crippen LogP contribution in [0.25, 0.3) is 0 Å². The van der Waals surface area contributed by atoms with Crippen molar-refractivity contribution in [1.82, 2.24) is 14.3 Å². The van der Waals surface area contributed by atoms with E-state index in [2.05, 4.69) is 16.2 Å². The summed E-state index contributed by atoms with van der Waals surface area (Å²) in [5.74, 6) is 2.64. The van der Waals surface area contributed by atoms with Crippen LogP contribution < -0.4 is 0 Å². The molecule has 4 rings (SSSR count). The van der Waals surface area contributed by atoms with Gasteiger partial charge >= 0.3 is 0 Å². The lowest BCUT2D eigenvalue weighted by Gasteiger charge is -2.43. The molecule has 3 saturated heterocycles. The molecular weight excluding hydrogens is 218 g/mol. The van der Waals surface area contributed by atoms with Gasteiger partial charge in [0.15, 0.2) is 0 Å². The molecule has 4 heterocycles. The molecule has 1 unspecified atom stereocenters. The largest absolute Gasteiger partial charge is 0.303 e. The van der Waals surface area contributed by atoms with Gasteiger partial charge in [0.2, 0.25) is 0 Å². The van der Waals surface area contributed by atoms with Crippen LogP contribution in [0.2, 0.25) is 0 Å². The fourth-order valence-electron chi connectivity index (χ4n) is 2.99. The molecule has 3 aliphatic rings. The Morgan fingerprint density at radius 3 is 2.81 bits per heavy atom. The third-order valence-corrected chi connectivity index (χ3v) is 4.81. The first-order valence-electron chi connectivity index (χ1n) is 6.41. The first-order chi connectivity index (χ1) is 7.86. The van der Waals surface area contributed by atoms with Crippen molar-refractivity contribution in [1.29, 1.82) is 0 Å². The van der Waals surface area contributed by atoms with Crippen molar-refractivity contribution in [2.75, 3.05) is 19.6 Å². The van der Waals surface area contributed by atoms with Crippen LogP contribution in [-0.2, 0) is 6.42 Å². The van der Waals surface area contributed by atoms with E-state index in [1.54, 1.807) is 11.5 Å². The van der Waals surface area contributed by atoms with Crippen LogP contribution in [-0.4, -0.2) is 33.9 Å². The smallest absolute Gasteiger partial charge is 0.142 e. The van der Waals surface area contributed by atoms with Crippen molar-refractivity contribution in [3.63, 3.8) is 0 Å². The van der Waals surface area contributed by atoms with Crippen molar-refractivity contribution < 1.29 is 0 Å². The van der Waals surface area contributed by atoms with Gasteiger partial charge < -0.3 is 4.90 Å². The molecule has 2 bridgehead atoms. The molecule has 1 aromatic heterocycles. The van der Waals surface area contributed by atoms with E-state index in [9.17, 15) is 0 Å². The summed E-state index contributed by atoms with van der Waals surface area (Å²) in [6.07, 6.45) is 4.93. The Labute approximate surface area is 101 Å². The minimum absolute atomic E-state index is 0.686. The van der Waals surface area contributed by atoms with Gasteiger partial charge in [-0.3, -0.25) is 0 Å². The fraction of sp³-hybridized carbons (Fsp3) is 0.833. The van der Waals surface area contributed by atoms with E-state index >= 15 is 0 Å². The highest BCUT2D eigenvalue weighted by Crippen LogP contribution is 2.39. The quantitative estimate of drug-likeness (QED) is 0.807. The monoisotopic (exact) mass is 237 g/mol. The third kappa shape index (κ3) is 1.89.